The Labute approximate surface area is 115 Å². The summed E-state index contributed by atoms with van der Waals surface area (Å²) in [5.74, 6) is 0.164. The van der Waals surface area contributed by atoms with Crippen molar-refractivity contribution in [2.45, 2.75) is 13.0 Å². The molecule has 1 amide bonds. The number of benzene rings is 1. The van der Waals surface area contributed by atoms with Gasteiger partial charge in [0.15, 0.2) is 5.82 Å². The molecule has 0 saturated carbocycles. The number of aromatic amines is 1. The number of nitrogens with zero attached hydrogens (tertiary/aromatic N) is 4. The molecular formula is C13H12N6O. The van der Waals surface area contributed by atoms with Gasteiger partial charge in [0.1, 0.15) is 0 Å². The van der Waals surface area contributed by atoms with Crippen molar-refractivity contribution >= 4 is 12.0 Å². The molecule has 1 aromatic carbocycles. The van der Waals surface area contributed by atoms with Gasteiger partial charge in [-0.2, -0.15) is 10.5 Å². The Hall–Kier alpha value is -3.01. The molecular weight excluding hydrogens is 256 g/mol. The van der Waals surface area contributed by atoms with Gasteiger partial charge in [-0.1, -0.05) is 17.3 Å². The summed E-state index contributed by atoms with van der Waals surface area (Å²) in [4.78, 5) is 11.7. The van der Waals surface area contributed by atoms with E-state index in [2.05, 4.69) is 25.9 Å². The molecule has 2 aromatic rings. The van der Waals surface area contributed by atoms with Gasteiger partial charge in [-0.3, -0.25) is 4.79 Å². The van der Waals surface area contributed by atoms with E-state index >= 15 is 0 Å². The number of rotatable bonds is 4. The van der Waals surface area contributed by atoms with Crippen molar-refractivity contribution in [2.24, 2.45) is 0 Å². The van der Waals surface area contributed by atoms with Gasteiger partial charge in [-0.15, -0.1) is 10.2 Å². The molecule has 0 bridgehead atoms. The Kier molecular flexibility index (Phi) is 4.19. The van der Waals surface area contributed by atoms with Crippen molar-refractivity contribution in [3.8, 4) is 6.07 Å². The standard InChI is InChI=1S/C13H12N6O/c1-9(13-16-18-19-17-13)15-12(20)7-6-10-2-4-11(8-14)5-3-10/h2-7,9H,1H3,(H,15,20)(H,16,17,18,19). The maximum atomic E-state index is 11.7. The maximum Gasteiger partial charge on any atom is 0.244 e. The van der Waals surface area contributed by atoms with Crippen molar-refractivity contribution in [1.29, 1.82) is 5.26 Å². The SMILES string of the molecule is CC(NC(=O)C=Cc1ccc(C#N)cc1)c1nn[nH]n1. The van der Waals surface area contributed by atoms with Crippen LogP contribution in [0.3, 0.4) is 0 Å². The molecule has 1 heterocycles. The summed E-state index contributed by atoms with van der Waals surface area (Å²) in [5, 5.41) is 24.7. The zero-order valence-electron chi connectivity index (χ0n) is 10.7. The fourth-order valence-electron chi connectivity index (χ4n) is 1.52. The van der Waals surface area contributed by atoms with Crippen LogP contribution in [0.5, 0.6) is 0 Å². The van der Waals surface area contributed by atoms with Crippen LogP contribution in [0, 0.1) is 11.3 Å². The van der Waals surface area contributed by atoms with E-state index in [9.17, 15) is 4.79 Å². The number of hydrogen-bond donors (Lipinski definition) is 2. The number of carbonyl (C=O) groups excluding carboxylic acids is 1. The van der Waals surface area contributed by atoms with E-state index in [0.29, 0.717) is 11.4 Å². The van der Waals surface area contributed by atoms with E-state index in [1.807, 2.05) is 6.07 Å². The molecule has 2 N–H and O–H groups in total. The monoisotopic (exact) mass is 268 g/mol. The van der Waals surface area contributed by atoms with Crippen LogP contribution in [-0.4, -0.2) is 26.5 Å². The van der Waals surface area contributed by atoms with Gasteiger partial charge >= 0.3 is 0 Å². The number of H-pyrrole nitrogens is 1. The molecule has 0 aliphatic rings. The van der Waals surface area contributed by atoms with E-state index in [1.165, 1.54) is 6.08 Å². The number of tetrazole rings is 1. The topological polar surface area (TPSA) is 107 Å². The summed E-state index contributed by atoms with van der Waals surface area (Å²) in [6, 6.07) is 8.63. The van der Waals surface area contributed by atoms with Gasteiger partial charge in [0.25, 0.3) is 0 Å². The number of nitriles is 1. The molecule has 100 valence electrons. The summed E-state index contributed by atoms with van der Waals surface area (Å²) < 4.78 is 0. The Bertz CT molecular complexity index is 639. The fourth-order valence-corrected chi connectivity index (χ4v) is 1.52. The number of carbonyl (C=O) groups is 1. The van der Waals surface area contributed by atoms with E-state index in [0.717, 1.165) is 5.56 Å². The van der Waals surface area contributed by atoms with Gasteiger partial charge in [0.05, 0.1) is 17.7 Å². The lowest BCUT2D eigenvalue weighted by molar-refractivity contribution is -0.117. The molecule has 0 aliphatic carbocycles. The Balaban J connectivity index is 1.93. The predicted octanol–water partition coefficient (Wildman–Crippen LogP) is 0.962. The molecule has 1 atom stereocenters. The first kappa shape index (κ1) is 13.4. The molecule has 0 saturated heterocycles. The van der Waals surface area contributed by atoms with Crippen LogP contribution in [0.4, 0.5) is 0 Å². The van der Waals surface area contributed by atoms with Crippen molar-refractivity contribution in [3.05, 3.63) is 47.3 Å². The highest BCUT2D eigenvalue weighted by Crippen LogP contribution is 2.06. The Morgan fingerprint density at radius 3 is 2.80 bits per heavy atom. The highest BCUT2D eigenvalue weighted by molar-refractivity contribution is 5.91. The largest absolute Gasteiger partial charge is 0.343 e. The average Bonchev–Trinajstić information content (AvgIpc) is 3.00. The van der Waals surface area contributed by atoms with Gasteiger partial charge in [-0.05, 0) is 30.7 Å². The quantitative estimate of drug-likeness (QED) is 0.803. The number of nitrogens with one attached hydrogen (secondary N) is 2. The van der Waals surface area contributed by atoms with Gasteiger partial charge < -0.3 is 5.32 Å². The predicted molar refractivity (Wildman–Crippen MR) is 70.9 cm³/mol. The molecule has 0 aliphatic heterocycles. The number of hydrogen-bond acceptors (Lipinski definition) is 5. The Morgan fingerprint density at radius 2 is 2.20 bits per heavy atom. The second-order valence-electron chi connectivity index (χ2n) is 4.07. The third-order valence-electron chi connectivity index (χ3n) is 2.57. The average molecular weight is 268 g/mol. The first-order valence-electron chi connectivity index (χ1n) is 5.91. The fraction of sp³-hybridized carbons (Fsp3) is 0.154. The maximum absolute atomic E-state index is 11.7. The molecule has 1 aromatic heterocycles. The van der Waals surface area contributed by atoms with Gasteiger partial charge in [0, 0.05) is 6.08 Å². The molecule has 20 heavy (non-hydrogen) atoms. The van der Waals surface area contributed by atoms with Gasteiger partial charge in [0.2, 0.25) is 5.91 Å². The minimum absolute atomic E-state index is 0.258. The number of amides is 1. The lowest BCUT2D eigenvalue weighted by atomic mass is 10.1. The van der Waals surface area contributed by atoms with Crippen molar-refractivity contribution < 1.29 is 4.79 Å². The summed E-state index contributed by atoms with van der Waals surface area (Å²) in [6.07, 6.45) is 3.08. The summed E-state index contributed by atoms with van der Waals surface area (Å²) in [5.41, 5.74) is 1.42. The van der Waals surface area contributed by atoms with Crippen LogP contribution in [0.25, 0.3) is 6.08 Å². The second-order valence-corrected chi connectivity index (χ2v) is 4.07. The normalized spacial score (nSPS) is 12.0. The molecule has 1 unspecified atom stereocenters. The molecule has 7 heteroatoms. The third kappa shape index (κ3) is 3.49. The van der Waals surface area contributed by atoms with Crippen molar-refractivity contribution in [2.75, 3.05) is 0 Å². The van der Waals surface area contributed by atoms with Crippen molar-refractivity contribution in [1.82, 2.24) is 25.9 Å². The summed E-state index contributed by atoms with van der Waals surface area (Å²) in [6.45, 7) is 1.76. The molecule has 0 fully saturated rings. The van der Waals surface area contributed by atoms with E-state index < -0.39 is 0 Å². The van der Waals surface area contributed by atoms with Crippen molar-refractivity contribution in [3.63, 3.8) is 0 Å². The molecule has 7 nitrogen and oxygen atoms in total. The zero-order chi connectivity index (χ0) is 14.4. The number of aromatic nitrogens is 4. The molecule has 2 rings (SSSR count). The van der Waals surface area contributed by atoms with E-state index in [4.69, 9.17) is 5.26 Å². The highest BCUT2D eigenvalue weighted by atomic mass is 16.1. The van der Waals surface area contributed by atoms with Crippen LogP contribution < -0.4 is 5.32 Å². The minimum atomic E-state index is -0.327. The molecule has 0 spiro atoms. The van der Waals surface area contributed by atoms with Crippen LogP contribution >= 0.6 is 0 Å². The highest BCUT2D eigenvalue weighted by Gasteiger charge is 2.11. The van der Waals surface area contributed by atoms with Gasteiger partial charge in [-0.25, -0.2) is 0 Å². The minimum Gasteiger partial charge on any atom is -0.343 e. The first-order chi connectivity index (χ1) is 9.69. The summed E-state index contributed by atoms with van der Waals surface area (Å²) >= 11 is 0. The third-order valence-corrected chi connectivity index (χ3v) is 2.57. The lowest BCUT2D eigenvalue weighted by Crippen LogP contribution is -2.25. The van der Waals surface area contributed by atoms with Crippen LogP contribution in [-0.2, 0) is 4.79 Å². The second kappa shape index (κ2) is 6.24. The summed E-state index contributed by atoms with van der Waals surface area (Å²) in [7, 11) is 0. The first-order valence-corrected chi connectivity index (χ1v) is 5.91. The lowest BCUT2D eigenvalue weighted by Gasteiger charge is -2.06. The molecule has 0 radical (unpaired) electrons. The van der Waals surface area contributed by atoms with Crippen LogP contribution in [0.1, 0.15) is 29.9 Å². The van der Waals surface area contributed by atoms with E-state index in [1.54, 1.807) is 37.3 Å². The zero-order valence-corrected chi connectivity index (χ0v) is 10.7. The van der Waals surface area contributed by atoms with Crippen LogP contribution in [0.15, 0.2) is 30.3 Å². The van der Waals surface area contributed by atoms with Crippen LogP contribution in [0.2, 0.25) is 0 Å². The van der Waals surface area contributed by atoms with E-state index in [-0.39, 0.29) is 11.9 Å². The smallest absolute Gasteiger partial charge is 0.244 e. The Morgan fingerprint density at radius 1 is 1.45 bits per heavy atom.